The minimum Gasteiger partial charge on any atom is -0.496 e. The van der Waals surface area contributed by atoms with Crippen LogP contribution in [0.5, 0.6) is 5.75 Å². The summed E-state index contributed by atoms with van der Waals surface area (Å²) in [5.41, 5.74) is 8.65. The largest absolute Gasteiger partial charge is 0.496 e. The lowest BCUT2D eigenvalue weighted by atomic mass is 10.0. The van der Waals surface area contributed by atoms with Gasteiger partial charge >= 0.3 is 0 Å². The first-order valence-corrected chi connectivity index (χ1v) is 7.40. The molecule has 0 saturated heterocycles. The van der Waals surface area contributed by atoms with E-state index in [1.165, 1.54) is 37.9 Å². The third-order valence-corrected chi connectivity index (χ3v) is 4.17. The smallest absolute Gasteiger partial charge is 0.125 e. The van der Waals surface area contributed by atoms with E-state index < -0.39 is 0 Å². The first-order valence-electron chi connectivity index (χ1n) is 7.40. The van der Waals surface area contributed by atoms with Gasteiger partial charge in [0.15, 0.2) is 0 Å². The molecular weight excluding hydrogens is 236 g/mol. The van der Waals surface area contributed by atoms with Crippen LogP contribution in [0.4, 0.5) is 5.69 Å². The number of hydrogen-bond donors (Lipinski definition) is 1. The number of ether oxygens (including phenoxy) is 1. The molecule has 2 fully saturated rings. The number of nitrogens with two attached hydrogens (primary N) is 1. The van der Waals surface area contributed by atoms with Crippen LogP contribution >= 0.6 is 0 Å². The highest BCUT2D eigenvalue weighted by Crippen LogP contribution is 2.42. The summed E-state index contributed by atoms with van der Waals surface area (Å²) < 4.78 is 5.51. The van der Waals surface area contributed by atoms with Crippen LogP contribution in [-0.2, 0) is 0 Å². The van der Waals surface area contributed by atoms with Crippen LogP contribution in [0.15, 0.2) is 18.2 Å². The van der Waals surface area contributed by atoms with Crippen LogP contribution in [0, 0.1) is 5.92 Å². The van der Waals surface area contributed by atoms with Crippen molar-refractivity contribution in [2.75, 3.05) is 18.6 Å². The molecule has 3 heteroatoms. The third-order valence-electron chi connectivity index (χ3n) is 4.17. The lowest BCUT2D eigenvalue weighted by Gasteiger charge is -2.29. The van der Waals surface area contributed by atoms with Crippen molar-refractivity contribution in [2.24, 2.45) is 11.7 Å². The van der Waals surface area contributed by atoms with Crippen LogP contribution in [0.3, 0.4) is 0 Å². The zero-order chi connectivity index (χ0) is 13.4. The number of rotatable bonds is 6. The molecule has 2 N–H and O–H groups in total. The molecule has 0 aromatic heterocycles. The van der Waals surface area contributed by atoms with Gasteiger partial charge in [0.1, 0.15) is 5.75 Å². The van der Waals surface area contributed by atoms with Gasteiger partial charge in [-0.3, -0.25) is 0 Å². The summed E-state index contributed by atoms with van der Waals surface area (Å²) >= 11 is 0. The molecule has 2 aliphatic carbocycles. The van der Waals surface area contributed by atoms with E-state index in [0.29, 0.717) is 0 Å². The van der Waals surface area contributed by atoms with Gasteiger partial charge in [-0.05, 0) is 50.7 Å². The van der Waals surface area contributed by atoms with E-state index in [0.717, 1.165) is 23.3 Å². The molecule has 19 heavy (non-hydrogen) atoms. The van der Waals surface area contributed by atoms with E-state index in [9.17, 15) is 0 Å². The van der Waals surface area contributed by atoms with Crippen molar-refractivity contribution < 1.29 is 4.74 Å². The maximum Gasteiger partial charge on any atom is 0.125 e. The Morgan fingerprint density at radius 3 is 2.58 bits per heavy atom. The molecule has 0 amide bonds. The molecule has 0 bridgehead atoms. The maximum absolute atomic E-state index is 6.19. The molecule has 3 nitrogen and oxygen atoms in total. The fourth-order valence-electron chi connectivity index (χ4n) is 2.83. The quantitative estimate of drug-likeness (QED) is 0.854. The minimum atomic E-state index is 0.00611. The fourth-order valence-corrected chi connectivity index (χ4v) is 2.83. The SMILES string of the molecule is COc1cccc(N(CC2CC2)C2CC2)c1[C@H](C)N. The Kier molecular flexibility index (Phi) is 3.40. The Bertz CT molecular complexity index is 450. The summed E-state index contributed by atoms with van der Waals surface area (Å²) in [5, 5.41) is 0. The van der Waals surface area contributed by atoms with Gasteiger partial charge in [-0.1, -0.05) is 6.07 Å². The monoisotopic (exact) mass is 260 g/mol. The second kappa shape index (κ2) is 5.04. The molecule has 0 radical (unpaired) electrons. The van der Waals surface area contributed by atoms with Gasteiger partial charge in [-0.2, -0.15) is 0 Å². The Labute approximate surface area is 115 Å². The summed E-state index contributed by atoms with van der Waals surface area (Å²) in [4.78, 5) is 2.58. The van der Waals surface area contributed by atoms with Gasteiger partial charge in [-0.15, -0.1) is 0 Å². The molecule has 0 spiro atoms. The number of methoxy groups -OCH3 is 1. The zero-order valence-corrected chi connectivity index (χ0v) is 11.9. The van der Waals surface area contributed by atoms with Crippen molar-refractivity contribution in [1.29, 1.82) is 0 Å². The van der Waals surface area contributed by atoms with E-state index in [2.05, 4.69) is 17.0 Å². The van der Waals surface area contributed by atoms with Gasteiger partial charge in [0, 0.05) is 29.9 Å². The third kappa shape index (κ3) is 2.71. The summed E-state index contributed by atoms with van der Waals surface area (Å²) in [7, 11) is 1.73. The Hall–Kier alpha value is -1.22. The van der Waals surface area contributed by atoms with Gasteiger partial charge in [0.25, 0.3) is 0 Å². The summed E-state index contributed by atoms with van der Waals surface area (Å²) in [5.74, 6) is 1.82. The molecule has 1 aromatic carbocycles. The van der Waals surface area contributed by atoms with Crippen LogP contribution < -0.4 is 15.4 Å². The predicted molar refractivity (Wildman–Crippen MR) is 78.7 cm³/mol. The van der Waals surface area contributed by atoms with E-state index in [-0.39, 0.29) is 6.04 Å². The van der Waals surface area contributed by atoms with Gasteiger partial charge in [-0.25, -0.2) is 0 Å². The van der Waals surface area contributed by atoms with E-state index >= 15 is 0 Å². The summed E-state index contributed by atoms with van der Waals surface area (Å²) in [6.07, 6.45) is 5.42. The number of nitrogens with zero attached hydrogens (tertiary/aromatic N) is 1. The molecule has 1 aromatic rings. The molecule has 2 saturated carbocycles. The molecule has 104 valence electrons. The average molecular weight is 260 g/mol. The van der Waals surface area contributed by atoms with Crippen molar-refractivity contribution >= 4 is 5.69 Å². The fraction of sp³-hybridized carbons (Fsp3) is 0.625. The molecule has 0 unspecified atom stereocenters. The molecule has 0 heterocycles. The highest BCUT2D eigenvalue weighted by atomic mass is 16.5. The number of benzene rings is 1. The molecular formula is C16H24N2O. The van der Waals surface area contributed by atoms with Crippen molar-refractivity contribution in [3.05, 3.63) is 23.8 Å². The van der Waals surface area contributed by atoms with E-state index in [4.69, 9.17) is 10.5 Å². The lowest BCUT2D eigenvalue weighted by Crippen LogP contribution is -2.30. The predicted octanol–water partition coefficient (Wildman–Crippen LogP) is 3.09. The maximum atomic E-state index is 6.19. The average Bonchev–Trinajstić information content (AvgIpc) is 3.27. The lowest BCUT2D eigenvalue weighted by molar-refractivity contribution is 0.407. The summed E-state index contributed by atoms with van der Waals surface area (Å²) in [6.45, 7) is 3.24. The first kappa shape index (κ1) is 12.8. The molecule has 0 aliphatic heterocycles. The highest BCUT2D eigenvalue weighted by molar-refractivity contribution is 5.62. The Morgan fingerprint density at radius 1 is 1.32 bits per heavy atom. The van der Waals surface area contributed by atoms with Gasteiger partial charge < -0.3 is 15.4 Å². The highest BCUT2D eigenvalue weighted by Gasteiger charge is 2.35. The topological polar surface area (TPSA) is 38.5 Å². The van der Waals surface area contributed by atoms with Crippen molar-refractivity contribution in [1.82, 2.24) is 0 Å². The minimum absolute atomic E-state index is 0.00611. The number of anilines is 1. The Morgan fingerprint density at radius 2 is 2.05 bits per heavy atom. The Balaban J connectivity index is 1.95. The van der Waals surface area contributed by atoms with E-state index in [1.54, 1.807) is 7.11 Å². The second-order valence-electron chi connectivity index (χ2n) is 6.01. The second-order valence-corrected chi connectivity index (χ2v) is 6.01. The molecule has 2 aliphatic rings. The molecule has 1 atom stereocenters. The van der Waals surface area contributed by atoms with Crippen LogP contribution in [-0.4, -0.2) is 19.7 Å². The van der Waals surface area contributed by atoms with Crippen LogP contribution in [0.25, 0.3) is 0 Å². The zero-order valence-electron chi connectivity index (χ0n) is 11.9. The molecule has 3 rings (SSSR count). The van der Waals surface area contributed by atoms with Gasteiger partial charge in [0.05, 0.1) is 7.11 Å². The van der Waals surface area contributed by atoms with Gasteiger partial charge in [0.2, 0.25) is 0 Å². The summed E-state index contributed by atoms with van der Waals surface area (Å²) in [6, 6.07) is 7.05. The first-order chi connectivity index (χ1) is 9.20. The van der Waals surface area contributed by atoms with Crippen molar-refractivity contribution in [3.63, 3.8) is 0 Å². The standard InChI is InChI=1S/C16H24N2O/c1-11(17)16-14(4-3-5-15(16)19-2)18(13-8-9-13)10-12-6-7-12/h3-5,11-13H,6-10,17H2,1-2H3/t11-/m0/s1. The number of hydrogen-bond acceptors (Lipinski definition) is 3. The van der Waals surface area contributed by atoms with E-state index in [1.807, 2.05) is 13.0 Å². The normalized spacial score (nSPS) is 20.2. The van der Waals surface area contributed by atoms with Crippen molar-refractivity contribution in [3.8, 4) is 5.75 Å². The van der Waals surface area contributed by atoms with Crippen molar-refractivity contribution in [2.45, 2.75) is 44.7 Å². The van der Waals surface area contributed by atoms with Crippen LogP contribution in [0.2, 0.25) is 0 Å². The van der Waals surface area contributed by atoms with Crippen LogP contribution in [0.1, 0.15) is 44.2 Å².